The monoisotopic (exact) mass is 291 g/mol. The minimum atomic E-state index is -0.204. The first-order chi connectivity index (χ1) is 9.98. The van der Waals surface area contributed by atoms with Crippen LogP contribution in [0.3, 0.4) is 0 Å². The Morgan fingerprint density at radius 1 is 1.19 bits per heavy atom. The van der Waals surface area contributed by atoms with Crippen LogP contribution in [-0.4, -0.2) is 45.4 Å². The number of likely N-dealkylation sites (N-methyl/N-ethyl adjacent to an activating group) is 1. The van der Waals surface area contributed by atoms with E-state index in [4.69, 9.17) is 14.2 Å². The van der Waals surface area contributed by atoms with Crippen molar-refractivity contribution in [2.24, 2.45) is 0 Å². The highest BCUT2D eigenvalue weighted by molar-refractivity contribution is 5.50. The summed E-state index contributed by atoms with van der Waals surface area (Å²) >= 11 is 0. The molecule has 0 amide bonds. The van der Waals surface area contributed by atoms with E-state index >= 15 is 0 Å². The molecule has 0 unspecified atom stereocenters. The van der Waals surface area contributed by atoms with Gasteiger partial charge >= 0.3 is 0 Å². The van der Waals surface area contributed by atoms with Crippen molar-refractivity contribution in [1.29, 1.82) is 0 Å². The Bertz CT molecular complexity index is 543. The lowest BCUT2D eigenvalue weighted by Crippen LogP contribution is -2.53. The van der Waals surface area contributed by atoms with E-state index < -0.39 is 0 Å². The van der Waals surface area contributed by atoms with Crippen LogP contribution in [0.1, 0.15) is 30.9 Å². The van der Waals surface area contributed by atoms with Crippen LogP contribution in [0.5, 0.6) is 11.5 Å². The molecule has 2 aliphatic heterocycles. The third kappa shape index (κ3) is 2.30. The molecular formula is C17H25NO3. The average Bonchev–Trinajstić information content (AvgIpc) is 2.45. The Kier molecular flexibility index (Phi) is 3.62. The predicted octanol–water partition coefficient (Wildman–Crippen LogP) is 2.58. The van der Waals surface area contributed by atoms with Crippen molar-refractivity contribution in [2.75, 3.05) is 28.3 Å². The molecule has 21 heavy (non-hydrogen) atoms. The van der Waals surface area contributed by atoms with Crippen LogP contribution in [0.15, 0.2) is 12.1 Å². The van der Waals surface area contributed by atoms with Gasteiger partial charge in [-0.2, -0.15) is 0 Å². The van der Waals surface area contributed by atoms with Crippen LogP contribution < -0.4 is 9.47 Å². The molecule has 1 saturated heterocycles. The van der Waals surface area contributed by atoms with Gasteiger partial charge < -0.3 is 19.1 Å². The molecule has 0 spiro atoms. The maximum absolute atomic E-state index is 6.45. The summed E-state index contributed by atoms with van der Waals surface area (Å²) < 4.78 is 17.4. The van der Waals surface area contributed by atoms with Crippen LogP contribution >= 0.6 is 0 Å². The minimum absolute atomic E-state index is 0.204. The predicted molar refractivity (Wildman–Crippen MR) is 82.2 cm³/mol. The largest absolute Gasteiger partial charge is 0.493 e. The van der Waals surface area contributed by atoms with Crippen molar-refractivity contribution in [3.05, 3.63) is 23.3 Å². The molecular weight excluding hydrogens is 266 g/mol. The number of fused-ring (bicyclic) bond motifs is 4. The lowest BCUT2D eigenvalue weighted by Gasteiger charge is -2.49. The van der Waals surface area contributed by atoms with Crippen molar-refractivity contribution >= 4 is 0 Å². The summed E-state index contributed by atoms with van der Waals surface area (Å²) in [6.45, 7) is 2.20. The van der Waals surface area contributed by atoms with Crippen molar-refractivity contribution in [1.82, 2.24) is 4.90 Å². The summed E-state index contributed by atoms with van der Waals surface area (Å²) in [5, 5.41) is 0. The average molecular weight is 291 g/mol. The van der Waals surface area contributed by atoms with E-state index in [0.717, 1.165) is 24.3 Å². The number of hydrogen-bond donors (Lipinski definition) is 0. The highest BCUT2D eigenvalue weighted by Gasteiger charge is 2.45. The quantitative estimate of drug-likeness (QED) is 0.856. The van der Waals surface area contributed by atoms with Gasteiger partial charge in [-0.1, -0.05) is 0 Å². The van der Waals surface area contributed by atoms with Gasteiger partial charge in [0.05, 0.1) is 25.9 Å². The van der Waals surface area contributed by atoms with Crippen molar-refractivity contribution in [2.45, 2.75) is 43.9 Å². The van der Waals surface area contributed by atoms with E-state index in [-0.39, 0.29) is 11.7 Å². The molecule has 4 nitrogen and oxygen atoms in total. The topological polar surface area (TPSA) is 30.9 Å². The van der Waals surface area contributed by atoms with E-state index in [1.54, 1.807) is 14.2 Å². The first kappa shape index (κ1) is 14.7. The second-order valence-electron chi connectivity index (χ2n) is 6.53. The summed E-state index contributed by atoms with van der Waals surface area (Å²) in [6, 6.07) is 4.71. The Balaban J connectivity index is 2.05. The van der Waals surface area contributed by atoms with E-state index in [1.165, 1.54) is 17.5 Å². The lowest BCUT2D eigenvalue weighted by atomic mass is 9.76. The molecule has 3 rings (SSSR count). The normalized spacial score (nSPS) is 31.0. The molecule has 1 fully saturated rings. The molecule has 3 atom stereocenters. The fourth-order valence-corrected chi connectivity index (χ4v) is 3.85. The van der Waals surface area contributed by atoms with E-state index in [2.05, 4.69) is 38.1 Å². The molecule has 0 N–H and O–H groups in total. The van der Waals surface area contributed by atoms with Crippen LogP contribution in [0.4, 0.5) is 0 Å². The first-order valence-corrected chi connectivity index (χ1v) is 7.58. The molecule has 116 valence electrons. The van der Waals surface area contributed by atoms with Gasteiger partial charge in [0, 0.05) is 12.5 Å². The first-order valence-electron chi connectivity index (χ1n) is 7.58. The van der Waals surface area contributed by atoms with Crippen LogP contribution in [0.2, 0.25) is 0 Å². The third-order valence-corrected chi connectivity index (χ3v) is 5.02. The van der Waals surface area contributed by atoms with E-state index in [0.29, 0.717) is 6.04 Å². The van der Waals surface area contributed by atoms with Crippen molar-refractivity contribution < 1.29 is 14.2 Å². The van der Waals surface area contributed by atoms with Gasteiger partial charge in [-0.3, -0.25) is 0 Å². The van der Waals surface area contributed by atoms with Gasteiger partial charge in [0.2, 0.25) is 0 Å². The maximum Gasteiger partial charge on any atom is 0.161 e. The highest BCUT2D eigenvalue weighted by atomic mass is 16.5. The number of benzene rings is 1. The molecule has 4 heteroatoms. The third-order valence-electron chi connectivity index (χ3n) is 5.02. The molecule has 2 heterocycles. The number of methoxy groups -OCH3 is 2. The molecule has 0 aliphatic carbocycles. The molecule has 0 saturated carbocycles. The Hall–Kier alpha value is -1.26. The van der Waals surface area contributed by atoms with E-state index in [9.17, 15) is 0 Å². The van der Waals surface area contributed by atoms with Gasteiger partial charge in [-0.05, 0) is 57.1 Å². The lowest BCUT2D eigenvalue weighted by molar-refractivity contribution is -0.161. The van der Waals surface area contributed by atoms with Crippen LogP contribution in [-0.2, 0) is 16.8 Å². The number of hydrogen-bond acceptors (Lipinski definition) is 4. The summed E-state index contributed by atoms with van der Waals surface area (Å²) in [4.78, 5) is 2.29. The van der Waals surface area contributed by atoms with Gasteiger partial charge in [0.25, 0.3) is 0 Å². The zero-order valence-electron chi connectivity index (χ0n) is 13.6. The minimum Gasteiger partial charge on any atom is -0.493 e. The number of rotatable bonds is 3. The fraction of sp³-hybridized carbons (Fsp3) is 0.647. The van der Waals surface area contributed by atoms with Crippen molar-refractivity contribution in [3.63, 3.8) is 0 Å². The molecule has 2 bridgehead atoms. The highest BCUT2D eigenvalue weighted by Crippen LogP contribution is 2.47. The summed E-state index contributed by atoms with van der Waals surface area (Å²) in [7, 11) is 7.65. The van der Waals surface area contributed by atoms with Gasteiger partial charge in [-0.25, -0.2) is 0 Å². The molecule has 2 aliphatic rings. The maximum atomic E-state index is 6.45. The van der Waals surface area contributed by atoms with Gasteiger partial charge in [-0.15, -0.1) is 0 Å². The molecule has 0 aromatic heterocycles. The second kappa shape index (κ2) is 5.18. The number of ether oxygens (including phenoxy) is 3. The Morgan fingerprint density at radius 2 is 1.86 bits per heavy atom. The van der Waals surface area contributed by atoms with Gasteiger partial charge in [0.1, 0.15) is 0 Å². The van der Waals surface area contributed by atoms with Crippen molar-refractivity contribution in [3.8, 4) is 11.5 Å². The summed E-state index contributed by atoms with van der Waals surface area (Å²) in [5.74, 6) is 1.59. The Morgan fingerprint density at radius 3 is 2.48 bits per heavy atom. The standard InChI is InChI=1S/C17H25NO3/c1-17-7-6-13(18(2)3)14(21-17)8-11-9-15(19-4)16(20-5)10-12(11)17/h9-10,13-14H,6-8H2,1-5H3/t13-,14+,17+/m1/s1. The van der Waals surface area contributed by atoms with E-state index in [1.807, 2.05) is 0 Å². The zero-order chi connectivity index (χ0) is 15.2. The van der Waals surface area contributed by atoms with Gasteiger partial charge in [0.15, 0.2) is 11.5 Å². The fourth-order valence-electron chi connectivity index (χ4n) is 3.85. The van der Waals surface area contributed by atoms with Crippen LogP contribution in [0, 0.1) is 0 Å². The SMILES string of the molecule is COc1cc2c(cc1OC)[C@]1(C)CC[C@@H](N(C)C)[C@H](C2)O1. The molecule has 1 aromatic carbocycles. The molecule has 0 radical (unpaired) electrons. The number of nitrogens with zero attached hydrogens (tertiary/aromatic N) is 1. The summed E-state index contributed by atoms with van der Waals surface area (Å²) in [6.07, 6.45) is 3.40. The zero-order valence-corrected chi connectivity index (χ0v) is 13.6. The summed E-state index contributed by atoms with van der Waals surface area (Å²) in [5.41, 5.74) is 2.39. The van der Waals surface area contributed by atoms with Crippen LogP contribution in [0.25, 0.3) is 0 Å². The second-order valence-corrected chi connectivity index (χ2v) is 6.53. The smallest absolute Gasteiger partial charge is 0.161 e. The Labute approximate surface area is 127 Å². The molecule has 1 aromatic rings.